The maximum atomic E-state index is 13.2. The minimum absolute atomic E-state index is 0.175. The first-order chi connectivity index (χ1) is 14.1. The van der Waals surface area contributed by atoms with Gasteiger partial charge in [0, 0.05) is 49.5 Å². The van der Waals surface area contributed by atoms with Crippen LogP contribution in [0.15, 0.2) is 42.5 Å². The molecule has 2 amide bonds. The van der Waals surface area contributed by atoms with Gasteiger partial charge in [0.05, 0.1) is 17.5 Å². The van der Waals surface area contributed by atoms with E-state index < -0.39 is 10.0 Å². The standard InChI is InChI=1S/C20H23ClN4O4S/c1-14(26)22-16-6-7-19(23-30(2,28)29)18(13-16)20(27)25-10-8-24(9-11-25)17-5-3-4-15(21)12-17/h3-7,12-13,23H,8-11H2,1-2H3,(H,22,26). The number of nitrogens with one attached hydrogen (secondary N) is 2. The quantitative estimate of drug-likeness (QED) is 0.729. The van der Waals surface area contributed by atoms with Gasteiger partial charge in [0.25, 0.3) is 5.91 Å². The molecule has 0 aromatic heterocycles. The Hall–Kier alpha value is -2.78. The van der Waals surface area contributed by atoms with E-state index in [4.69, 9.17) is 11.6 Å². The van der Waals surface area contributed by atoms with Crippen LogP contribution in [-0.2, 0) is 14.8 Å². The van der Waals surface area contributed by atoms with E-state index >= 15 is 0 Å². The zero-order valence-corrected chi connectivity index (χ0v) is 18.3. The van der Waals surface area contributed by atoms with Crippen LogP contribution in [-0.4, -0.2) is 57.6 Å². The average molecular weight is 451 g/mol. The minimum atomic E-state index is -3.58. The molecule has 1 aliphatic heterocycles. The molecule has 1 fully saturated rings. The number of hydrogen-bond donors (Lipinski definition) is 2. The van der Waals surface area contributed by atoms with Crippen LogP contribution in [0, 0.1) is 0 Å². The molecule has 8 nitrogen and oxygen atoms in total. The van der Waals surface area contributed by atoms with Crippen molar-refractivity contribution in [2.75, 3.05) is 47.4 Å². The van der Waals surface area contributed by atoms with E-state index in [1.807, 2.05) is 24.3 Å². The van der Waals surface area contributed by atoms with E-state index in [0.29, 0.717) is 36.9 Å². The summed E-state index contributed by atoms with van der Waals surface area (Å²) in [5.41, 5.74) is 1.76. The number of nitrogens with zero attached hydrogens (tertiary/aromatic N) is 2. The van der Waals surface area contributed by atoms with E-state index in [0.717, 1.165) is 11.9 Å². The van der Waals surface area contributed by atoms with Crippen LogP contribution in [0.2, 0.25) is 5.02 Å². The summed E-state index contributed by atoms with van der Waals surface area (Å²) in [5.74, 6) is -0.591. The van der Waals surface area contributed by atoms with Crippen molar-refractivity contribution in [2.24, 2.45) is 0 Å². The van der Waals surface area contributed by atoms with Crippen molar-refractivity contribution in [1.29, 1.82) is 0 Å². The molecule has 3 rings (SSSR count). The Morgan fingerprint density at radius 3 is 2.33 bits per heavy atom. The maximum Gasteiger partial charge on any atom is 0.256 e. The lowest BCUT2D eigenvalue weighted by molar-refractivity contribution is -0.114. The average Bonchev–Trinajstić information content (AvgIpc) is 2.67. The Morgan fingerprint density at radius 2 is 1.73 bits per heavy atom. The molecule has 0 aliphatic carbocycles. The third-order valence-electron chi connectivity index (χ3n) is 4.61. The fraction of sp³-hybridized carbons (Fsp3) is 0.300. The molecule has 160 valence electrons. The highest BCUT2D eigenvalue weighted by Crippen LogP contribution is 2.25. The lowest BCUT2D eigenvalue weighted by atomic mass is 10.1. The predicted octanol–water partition coefficient (Wildman–Crippen LogP) is 2.63. The molecular weight excluding hydrogens is 428 g/mol. The summed E-state index contributed by atoms with van der Waals surface area (Å²) in [6.07, 6.45) is 1.02. The highest BCUT2D eigenvalue weighted by molar-refractivity contribution is 7.92. The van der Waals surface area contributed by atoms with Crippen LogP contribution >= 0.6 is 11.6 Å². The van der Waals surface area contributed by atoms with Gasteiger partial charge in [0.2, 0.25) is 15.9 Å². The lowest BCUT2D eigenvalue weighted by Gasteiger charge is -2.36. The first-order valence-electron chi connectivity index (χ1n) is 9.31. The van der Waals surface area contributed by atoms with E-state index in [1.54, 1.807) is 11.0 Å². The van der Waals surface area contributed by atoms with Gasteiger partial charge in [-0.05, 0) is 36.4 Å². The van der Waals surface area contributed by atoms with E-state index in [9.17, 15) is 18.0 Å². The fourth-order valence-electron chi connectivity index (χ4n) is 3.30. The van der Waals surface area contributed by atoms with Gasteiger partial charge in [-0.15, -0.1) is 0 Å². The van der Waals surface area contributed by atoms with Crippen molar-refractivity contribution in [3.05, 3.63) is 53.1 Å². The smallest absolute Gasteiger partial charge is 0.256 e. The summed E-state index contributed by atoms with van der Waals surface area (Å²) < 4.78 is 25.8. The zero-order valence-electron chi connectivity index (χ0n) is 16.7. The van der Waals surface area contributed by atoms with E-state index in [-0.39, 0.29) is 23.1 Å². The van der Waals surface area contributed by atoms with Gasteiger partial charge in [0.15, 0.2) is 0 Å². The third kappa shape index (κ3) is 5.64. The summed E-state index contributed by atoms with van der Waals surface area (Å²) in [6, 6.07) is 12.0. The van der Waals surface area contributed by atoms with Gasteiger partial charge in [0.1, 0.15) is 0 Å². The predicted molar refractivity (Wildman–Crippen MR) is 119 cm³/mol. The van der Waals surface area contributed by atoms with Crippen molar-refractivity contribution in [3.63, 3.8) is 0 Å². The molecule has 0 atom stereocenters. The van der Waals surface area contributed by atoms with Crippen LogP contribution in [0.5, 0.6) is 0 Å². The summed E-state index contributed by atoms with van der Waals surface area (Å²) in [6.45, 7) is 3.53. The second kappa shape index (κ2) is 8.93. The van der Waals surface area contributed by atoms with Crippen molar-refractivity contribution in [3.8, 4) is 0 Å². The third-order valence-corrected chi connectivity index (χ3v) is 5.43. The first-order valence-corrected chi connectivity index (χ1v) is 11.6. The number of anilines is 3. The maximum absolute atomic E-state index is 13.2. The Bertz CT molecular complexity index is 1070. The van der Waals surface area contributed by atoms with Crippen molar-refractivity contribution in [1.82, 2.24) is 4.90 Å². The van der Waals surface area contributed by atoms with Gasteiger partial charge in [-0.2, -0.15) is 0 Å². The summed E-state index contributed by atoms with van der Waals surface area (Å²) >= 11 is 6.07. The van der Waals surface area contributed by atoms with Crippen molar-refractivity contribution >= 4 is 50.5 Å². The van der Waals surface area contributed by atoms with Crippen LogP contribution in [0.25, 0.3) is 0 Å². The molecule has 2 N–H and O–H groups in total. The highest BCUT2D eigenvalue weighted by Gasteiger charge is 2.25. The number of piperazine rings is 1. The van der Waals surface area contributed by atoms with Gasteiger partial charge in [-0.1, -0.05) is 17.7 Å². The molecule has 1 heterocycles. The summed E-state index contributed by atoms with van der Waals surface area (Å²) in [4.78, 5) is 28.4. The number of benzene rings is 2. The van der Waals surface area contributed by atoms with Crippen LogP contribution in [0.1, 0.15) is 17.3 Å². The Morgan fingerprint density at radius 1 is 1.03 bits per heavy atom. The Balaban J connectivity index is 1.80. The van der Waals surface area contributed by atoms with E-state index in [1.165, 1.54) is 19.1 Å². The molecular formula is C20H23ClN4O4S. The van der Waals surface area contributed by atoms with Crippen molar-refractivity contribution in [2.45, 2.75) is 6.92 Å². The number of rotatable bonds is 5. The largest absolute Gasteiger partial charge is 0.368 e. The number of carbonyl (C=O) groups is 2. The number of hydrogen-bond acceptors (Lipinski definition) is 5. The molecule has 0 bridgehead atoms. The second-order valence-electron chi connectivity index (χ2n) is 7.07. The second-order valence-corrected chi connectivity index (χ2v) is 9.26. The van der Waals surface area contributed by atoms with E-state index in [2.05, 4.69) is 14.9 Å². The number of halogens is 1. The molecule has 2 aromatic carbocycles. The molecule has 0 radical (unpaired) electrons. The number of carbonyl (C=O) groups excluding carboxylic acids is 2. The van der Waals surface area contributed by atoms with Crippen LogP contribution in [0.4, 0.5) is 17.1 Å². The Kier molecular flexibility index (Phi) is 6.52. The lowest BCUT2D eigenvalue weighted by Crippen LogP contribution is -2.49. The monoisotopic (exact) mass is 450 g/mol. The number of sulfonamides is 1. The number of amides is 2. The minimum Gasteiger partial charge on any atom is -0.368 e. The fourth-order valence-corrected chi connectivity index (χ4v) is 4.06. The summed E-state index contributed by atoms with van der Waals surface area (Å²) in [5, 5.41) is 3.27. The summed E-state index contributed by atoms with van der Waals surface area (Å²) in [7, 11) is -3.58. The van der Waals surface area contributed by atoms with Gasteiger partial charge >= 0.3 is 0 Å². The topological polar surface area (TPSA) is 98.8 Å². The molecule has 0 saturated carbocycles. The normalized spacial score (nSPS) is 14.4. The van der Waals surface area contributed by atoms with Crippen LogP contribution in [0.3, 0.4) is 0 Å². The SMILES string of the molecule is CC(=O)Nc1ccc(NS(C)(=O)=O)c(C(=O)N2CCN(c3cccc(Cl)c3)CC2)c1. The molecule has 0 unspecified atom stereocenters. The molecule has 1 saturated heterocycles. The molecule has 30 heavy (non-hydrogen) atoms. The van der Waals surface area contributed by atoms with Gasteiger partial charge in [-0.25, -0.2) is 8.42 Å². The van der Waals surface area contributed by atoms with Crippen LogP contribution < -0.4 is 14.9 Å². The van der Waals surface area contributed by atoms with Crippen molar-refractivity contribution < 1.29 is 18.0 Å². The Labute approximate surface area is 180 Å². The molecule has 2 aromatic rings. The zero-order chi connectivity index (χ0) is 21.9. The highest BCUT2D eigenvalue weighted by atomic mass is 35.5. The molecule has 1 aliphatic rings. The molecule has 0 spiro atoms. The van der Waals surface area contributed by atoms with Gasteiger partial charge in [-0.3, -0.25) is 14.3 Å². The van der Waals surface area contributed by atoms with Gasteiger partial charge < -0.3 is 15.1 Å². The first kappa shape index (κ1) is 21.9. The molecule has 10 heteroatoms.